The molecule has 2 aromatic heterocycles. The molecule has 3 aromatic rings. The molecule has 1 saturated heterocycles. The van der Waals surface area contributed by atoms with Gasteiger partial charge in [-0.25, -0.2) is 14.3 Å². The van der Waals surface area contributed by atoms with Crippen molar-refractivity contribution in [2.45, 2.75) is 25.8 Å². The van der Waals surface area contributed by atoms with Gasteiger partial charge in [-0.15, -0.1) is 0 Å². The number of carbonyl (C=O) groups is 2. The second-order valence-corrected chi connectivity index (χ2v) is 7.53. The van der Waals surface area contributed by atoms with E-state index in [0.29, 0.717) is 12.3 Å². The van der Waals surface area contributed by atoms with Crippen LogP contribution in [0.1, 0.15) is 41.9 Å². The summed E-state index contributed by atoms with van der Waals surface area (Å²) in [5, 5.41) is 11.4. The zero-order chi connectivity index (χ0) is 20.2. The number of benzene rings is 1. The Morgan fingerprint density at radius 3 is 3.00 bits per heavy atom. The van der Waals surface area contributed by atoms with E-state index in [1.165, 1.54) is 5.56 Å². The van der Waals surface area contributed by atoms with Gasteiger partial charge in [0.05, 0.1) is 18.3 Å². The predicted molar refractivity (Wildman–Crippen MR) is 112 cm³/mol. The summed E-state index contributed by atoms with van der Waals surface area (Å²) in [6.45, 7) is 2.80. The van der Waals surface area contributed by atoms with Crippen molar-refractivity contribution in [2.75, 3.05) is 18.5 Å². The highest BCUT2D eigenvalue weighted by Gasteiger charge is 2.30. The van der Waals surface area contributed by atoms with Gasteiger partial charge < -0.3 is 15.0 Å². The van der Waals surface area contributed by atoms with Gasteiger partial charge in [0.1, 0.15) is 0 Å². The summed E-state index contributed by atoms with van der Waals surface area (Å²) in [5.41, 5.74) is 2.86. The molecule has 8 heteroatoms. The van der Waals surface area contributed by atoms with Crippen molar-refractivity contribution in [3.8, 4) is 5.69 Å². The van der Waals surface area contributed by atoms with E-state index >= 15 is 0 Å². The first-order valence-corrected chi connectivity index (χ1v) is 10.5. The standard InChI is InChI=1S/C21H22N4O3S/c1-2-28-20(26)18-8-11-25(23-18)17-6-3-5-16(13-17)22-21(27)24-10-4-7-19(24)15-9-12-29-14-15/h3,5-6,8-9,11-14,19H,2,4,7,10H2,1H3,(H,22,27)/t19-/m0/s1. The monoisotopic (exact) mass is 410 g/mol. The van der Waals surface area contributed by atoms with Crippen molar-refractivity contribution in [3.63, 3.8) is 0 Å². The van der Waals surface area contributed by atoms with Crippen molar-refractivity contribution >= 4 is 29.0 Å². The second-order valence-electron chi connectivity index (χ2n) is 6.75. The number of esters is 1. The minimum atomic E-state index is -0.454. The maximum absolute atomic E-state index is 12.9. The molecule has 29 heavy (non-hydrogen) atoms. The number of amides is 2. The third kappa shape index (κ3) is 4.17. The summed E-state index contributed by atoms with van der Waals surface area (Å²) in [6.07, 6.45) is 3.67. The zero-order valence-electron chi connectivity index (χ0n) is 16.1. The van der Waals surface area contributed by atoms with Crippen molar-refractivity contribution in [1.29, 1.82) is 0 Å². The van der Waals surface area contributed by atoms with Crippen LogP contribution in [0.3, 0.4) is 0 Å². The summed E-state index contributed by atoms with van der Waals surface area (Å²) in [4.78, 5) is 26.6. The quantitative estimate of drug-likeness (QED) is 0.629. The highest BCUT2D eigenvalue weighted by Crippen LogP contribution is 2.33. The maximum atomic E-state index is 12.9. The highest BCUT2D eigenvalue weighted by atomic mass is 32.1. The van der Waals surface area contributed by atoms with Crippen LogP contribution in [0.25, 0.3) is 5.69 Å². The lowest BCUT2D eigenvalue weighted by Gasteiger charge is -2.24. The molecule has 0 spiro atoms. The Hall–Kier alpha value is -3.13. The number of nitrogens with zero attached hydrogens (tertiary/aromatic N) is 3. The summed E-state index contributed by atoms with van der Waals surface area (Å²) in [5.74, 6) is -0.454. The van der Waals surface area contributed by atoms with E-state index in [-0.39, 0.29) is 17.8 Å². The summed E-state index contributed by atoms with van der Waals surface area (Å²) >= 11 is 1.65. The normalized spacial score (nSPS) is 16.0. The van der Waals surface area contributed by atoms with E-state index in [2.05, 4.69) is 21.9 Å². The average molecular weight is 410 g/mol. The fourth-order valence-electron chi connectivity index (χ4n) is 3.52. The van der Waals surface area contributed by atoms with Crippen LogP contribution in [0.2, 0.25) is 0 Å². The van der Waals surface area contributed by atoms with Gasteiger partial charge in [-0.3, -0.25) is 0 Å². The number of hydrogen-bond acceptors (Lipinski definition) is 5. The number of likely N-dealkylation sites (tertiary alicyclic amines) is 1. The Balaban J connectivity index is 1.48. The van der Waals surface area contributed by atoms with E-state index in [9.17, 15) is 9.59 Å². The van der Waals surface area contributed by atoms with E-state index in [1.54, 1.807) is 35.2 Å². The van der Waals surface area contributed by atoms with Crippen LogP contribution in [0.15, 0.2) is 53.4 Å². The van der Waals surface area contributed by atoms with Crippen LogP contribution in [0, 0.1) is 0 Å². The van der Waals surface area contributed by atoms with Gasteiger partial charge in [-0.2, -0.15) is 16.4 Å². The molecular weight excluding hydrogens is 388 g/mol. The average Bonchev–Trinajstić information content (AvgIpc) is 3.49. The number of carbonyl (C=O) groups excluding carboxylic acids is 2. The Morgan fingerprint density at radius 2 is 2.21 bits per heavy atom. The van der Waals surface area contributed by atoms with Crippen molar-refractivity contribution < 1.29 is 14.3 Å². The van der Waals surface area contributed by atoms with Crippen LogP contribution in [-0.4, -0.2) is 39.8 Å². The van der Waals surface area contributed by atoms with Crippen molar-refractivity contribution in [1.82, 2.24) is 14.7 Å². The highest BCUT2D eigenvalue weighted by molar-refractivity contribution is 7.08. The van der Waals surface area contributed by atoms with Crippen LogP contribution >= 0.6 is 11.3 Å². The molecule has 0 saturated carbocycles. The zero-order valence-corrected chi connectivity index (χ0v) is 16.9. The molecule has 2 amide bonds. The number of thiophene rings is 1. The van der Waals surface area contributed by atoms with Gasteiger partial charge in [0.2, 0.25) is 0 Å². The van der Waals surface area contributed by atoms with Gasteiger partial charge in [-0.05, 0) is 66.4 Å². The molecule has 7 nitrogen and oxygen atoms in total. The molecule has 1 fully saturated rings. The van der Waals surface area contributed by atoms with Crippen LogP contribution in [-0.2, 0) is 4.74 Å². The number of ether oxygens (including phenoxy) is 1. The summed E-state index contributed by atoms with van der Waals surface area (Å²) in [6, 6.07) is 11.1. The molecule has 1 atom stereocenters. The molecule has 1 aromatic carbocycles. The third-order valence-electron chi connectivity index (χ3n) is 4.88. The fraction of sp³-hybridized carbons (Fsp3) is 0.286. The fourth-order valence-corrected chi connectivity index (χ4v) is 4.23. The van der Waals surface area contributed by atoms with Crippen LogP contribution in [0.4, 0.5) is 10.5 Å². The lowest BCUT2D eigenvalue weighted by Crippen LogP contribution is -2.34. The van der Waals surface area contributed by atoms with Gasteiger partial charge in [0.25, 0.3) is 0 Å². The molecule has 0 aliphatic carbocycles. The maximum Gasteiger partial charge on any atom is 0.358 e. The Labute approximate surface area is 172 Å². The minimum absolute atomic E-state index is 0.108. The van der Waals surface area contributed by atoms with Crippen molar-refractivity contribution in [2.24, 2.45) is 0 Å². The van der Waals surface area contributed by atoms with Gasteiger partial charge in [-0.1, -0.05) is 6.07 Å². The number of hydrogen-bond donors (Lipinski definition) is 1. The lowest BCUT2D eigenvalue weighted by molar-refractivity contribution is 0.0519. The predicted octanol–water partition coefficient (Wildman–Crippen LogP) is 4.48. The van der Waals surface area contributed by atoms with Gasteiger partial charge in [0.15, 0.2) is 5.69 Å². The molecule has 150 valence electrons. The molecule has 1 N–H and O–H groups in total. The summed E-state index contributed by atoms with van der Waals surface area (Å²) < 4.78 is 6.56. The molecule has 4 rings (SSSR count). The van der Waals surface area contributed by atoms with Gasteiger partial charge in [0, 0.05) is 18.4 Å². The van der Waals surface area contributed by atoms with Crippen molar-refractivity contribution in [3.05, 3.63) is 64.6 Å². The molecule has 0 unspecified atom stereocenters. The molecule has 1 aliphatic heterocycles. The lowest BCUT2D eigenvalue weighted by atomic mass is 10.1. The molecule has 1 aliphatic rings. The number of rotatable bonds is 5. The van der Waals surface area contributed by atoms with Gasteiger partial charge >= 0.3 is 12.0 Å². The topological polar surface area (TPSA) is 76.5 Å². The van der Waals surface area contributed by atoms with Crippen LogP contribution in [0.5, 0.6) is 0 Å². The Bertz CT molecular complexity index is 999. The van der Waals surface area contributed by atoms with E-state index < -0.39 is 5.97 Å². The molecule has 0 radical (unpaired) electrons. The first-order chi connectivity index (χ1) is 14.2. The van der Waals surface area contributed by atoms with E-state index in [1.807, 2.05) is 34.5 Å². The first kappa shape index (κ1) is 19.2. The molecule has 0 bridgehead atoms. The smallest absolute Gasteiger partial charge is 0.358 e. The largest absolute Gasteiger partial charge is 0.461 e. The third-order valence-corrected chi connectivity index (χ3v) is 5.58. The molecular formula is C21H22N4O3S. The van der Waals surface area contributed by atoms with E-state index in [4.69, 9.17) is 4.74 Å². The SMILES string of the molecule is CCOC(=O)c1ccn(-c2cccc(NC(=O)N3CCC[C@H]3c3ccsc3)c2)n1. The van der Waals surface area contributed by atoms with E-state index in [0.717, 1.165) is 25.1 Å². The number of aromatic nitrogens is 2. The molecule has 3 heterocycles. The number of urea groups is 1. The number of anilines is 1. The summed E-state index contributed by atoms with van der Waals surface area (Å²) in [7, 11) is 0. The number of nitrogens with one attached hydrogen (secondary N) is 1. The Morgan fingerprint density at radius 1 is 1.31 bits per heavy atom. The second kappa shape index (κ2) is 8.48. The first-order valence-electron chi connectivity index (χ1n) is 9.58. The minimum Gasteiger partial charge on any atom is -0.461 e. The Kier molecular flexibility index (Phi) is 5.62. The van der Waals surface area contributed by atoms with Crippen LogP contribution < -0.4 is 5.32 Å².